The van der Waals surface area contributed by atoms with Gasteiger partial charge in [-0.1, -0.05) is 59.7 Å². The highest BCUT2D eigenvalue weighted by molar-refractivity contribution is 5.86. The van der Waals surface area contributed by atoms with Crippen molar-refractivity contribution in [1.29, 1.82) is 0 Å². The zero-order chi connectivity index (χ0) is 24.1. The lowest BCUT2D eigenvalue weighted by atomic mass is 9.78. The van der Waals surface area contributed by atoms with Crippen LogP contribution in [0.1, 0.15) is 95.7 Å². The molecule has 2 nitrogen and oxygen atoms in total. The van der Waals surface area contributed by atoms with Crippen LogP contribution < -0.4 is 4.74 Å². The highest BCUT2D eigenvalue weighted by Gasteiger charge is 2.31. The summed E-state index contributed by atoms with van der Waals surface area (Å²) in [6.07, 6.45) is 0. The molecule has 0 amide bonds. The Morgan fingerprint density at radius 3 is 1.68 bits per heavy atom. The molecule has 0 bridgehead atoms. The van der Waals surface area contributed by atoms with E-state index in [1.54, 1.807) is 0 Å². The van der Waals surface area contributed by atoms with E-state index in [2.05, 4.69) is 87.4 Å². The molecule has 0 unspecified atom stereocenters. The maximum absolute atomic E-state index is 13.0. The van der Waals surface area contributed by atoms with Crippen molar-refractivity contribution in [3.05, 3.63) is 51.6 Å². The van der Waals surface area contributed by atoms with Crippen molar-refractivity contribution in [2.24, 2.45) is 5.41 Å². The van der Waals surface area contributed by atoms with Crippen LogP contribution in [0.4, 0.5) is 0 Å². The average Bonchev–Trinajstić information content (AvgIpc) is 2.58. The maximum atomic E-state index is 13.0. The molecule has 0 aliphatic heterocycles. The maximum Gasteiger partial charge on any atom is 0.316 e. The molecule has 0 atom stereocenters. The first-order valence-electron chi connectivity index (χ1n) is 11.3. The molecule has 170 valence electrons. The fourth-order valence-electron chi connectivity index (χ4n) is 3.68. The summed E-state index contributed by atoms with van der Waals surface area (Å²) in [5, 5.41) is 0. The van der Waals surface area contributed by atoms with Crippen LogP contribution in [0.25, 0.3) is 11.1 Å². The Labute approximate surface area is 190 Å². The molecule has 0 radical (unpaired) electrons. The lowest BCUT2D eigenvalue weighted by molar-refractivity contribution is -0.143. The molecule has 2 heteroatoms. The number of carbonyl (C=O) groups excluding carboxylic acids is 1. The molecule has 31 heavy (non-hydrogen) atoms. The molecule has 2 rings (SSSR count). The topological polar surface area (TPSA) is 26.3 Å². The van der Waals surface area contributed by atoms with Gasteiger partial charge < -0.3 is 4.74 Å². The predicted octanol–water partition coefficient (Wildman–Crippen LogP) is 8.13. The van der Waals surface area contributed by atoms with E-state index in [0.717, 1.165) is 16.7 Å². The van der Waals surface area contributed by atoms with Crippen molar-refractivity contribution in [3.8, 4) is 16.9 Å². The van der Waals surface area contributed by atoms with E-state index in [4.69, 9.17) is 4.74 Å². The van der Waals surface area contributed by atoms with Crippen LogP contribution in [-0.4, -0.2) is 5.97 Å². The summed E-state index contributed by atoms with van der Waals surface area (Å²) in [5.41, 5.74) is 8.73. The number of aryl methyl sites for hydroxylation is 2. The summed E-state index contributed by atoms with van der Waals surface area (Å²) in [6.45, 7) is 27.6. The van der Waals surface area contributed by atoms with Gasteiger partial charge in [0.25, 0.3) is 0 Å². The second kappa shape index (κ2) is 8.11. The molecule has 0 fully saturated rings. The third-order valence-electron chi connectivity index (χ3n) is 6.22. The van der Waals surface area contributed by atoms with Crippen LogP contribution in [0.2, 0.25) is 0 Å². The van der Waals surface area contributed by atoms with E-state index < -0.39 is 5.41 Å². The van der Waals surface area contributed by atoms with E-state index in [1.807, 2.05) is 20.8 Å². The van der Waals surface area contributed by atoms with Gasteiger partial charge in [0.2, 0.25) is 0 Å². The van der Waals surface area contributed by atoms with Crippen molar-refractivity contribution in [2.75, 3.05) is 0 Å². The molecule has 2 aromatic rings. The molecular weight excluding hydrogens is 380 g/mol. The van der Waals surface area contributed by atoms with E-state index in [-0.39, 0.29) is 16.8 Å². The standard InChI is InChI=1S/C29H42O2/c1-17-14-21(27(5,6)7)16-22(19(17)3)24-20(4)18(2)15-23(28(8,9)10)25(24)31-26(30)29(11,12)13/h14-16H,1-13H3. The molecular formula is C29H42O2. The minimum atomic E-state index is -0.580. The lowest BCUT2D eigenvalue weighted by Gasteiger charge is -2.30. The Morgan fingerprint density at radius 2 is 1.23 bits per heavy atom. The van der Waals surface area contributed by atoms with Crippen molar-refractivity contribution in [3.63, 3.8) is 0 Å². The van der Waals surface area contributed by atoms with Crippen LogP contribution in [0.15, 0.2) is 18.2 Å². The number of carbonyl (C=O) groups is 1. The summed E-state index contributed by atoms with van der Waals surface area (Å²) < 4.78 is 6.24. The second-order valence-electron chi connectivity index (χ2n) is 12.2. The predicted molar refractivity (Wildman–Crippen MR) is 133 cm³/mol. The number of rotatable bonds is 2. The van der Waals surface area contributed by atoms with Gasteiger partial charge in [0, 0.05) is 11.1 Å². The minimum Gasteiger partial charge on any atom is -0.425 e. The lowest BCUT2D eigenvalue weighted by Crippen LogP contribution is -2.27. The first-order valence-corrected chi connectivity index (χ1v) is 11.3. The van der Waals surface area contributed by atoms with Crippen LogP contribution in [0, 0.1) is 33.1 Å². The first kappa shape index (κ1) is 25.2. The van der Waals surface area contributed by atoms with E-state index in [9.17, 15) is 4.79 Å². The van der Waals surface area contributed by atoms with Crippen LogP contribution in [0.5, 0.6) is 5.75 Å². The fraction of sp³-hybridized carbons (Fsp3) is 0.552. The molecule has 0 spiro atoms. The number of hydrogen-bond donors (Lipinski definition) is 0. The van der Waals surface area contributed by atoms with Crippen molar-refractivity contribution in [1.82, 2.24) is 0 Å². The summed E-state index contributed by atoms with van der Waals surface area (Å²) in [4.78, 5) is 13.0. The van der Waals surface area contributed by atoms with Crippen LogP contribution in [-0.2, 0) is 15.6 Å². The highest BCUT2D eigenvalue weighted by atomic mass is 16.5. The quantitative estimate of drug-likeness (QED) is 0.361. The molecule has 0 saturated carbocycles. The molecule has 0 aromatic heterocycles. The summed E-state index contributed by atoms with van der Waals surface area (Å²) in [6, 6.07) is 6.78. The largest absolute Gasteiger partial charge is 0.425 e. The van der Waals surface area contributed by atoms with Crippen molar-refractivity contribution < 1.29 is 9.53 Å². The first-order chi connectivity index (χ1) is 13.9. The summed E-state index contributed by atoms with van der Waals surface area (Å²) in [7, 11) is 0. The summed E-state index contributed by atoms with van der Waals surface area (Å²) in [5.74, 6) is 0.507. The van der Waals surface area contributed by atoms with Gasteiger partial charge in [-0.15, -0.1) is 0 Å². The number of ether oxygens (including phenoxy) is 1. The number of hydrogen-bond acceptors (Lipinski definition) is 2. The van der Waals surface area contributed by atoms with E-state index in [0.29, 0.717) is 5.75 Å². The smallest absolute Gasteiger partial charge is 0.316 e. The van der Waals surface area contributed by atoms with Gasteiger partial charge in [0.15, 0.2) is 0 Å². The Hall–Kier alpha value is -2.09. The Bertz CT molecular complexity index is 1000. The van der Waals surface area contributed by atoms with Gasteiger partial charge in [0.05, 0.1) is 5.41 Å². The van der Waals surface area contributed by atoms with Gasteiger partial charge in [0.1, 0.15) is 5.75 Å². The zero-order valence-electron chi connectivity index (χ0n) is 22.0. The van der Waals surface area contributed by atoms with Gasteiger partial charge >= 0.3 is 5.97 Å². The van der Waals surface area contributed by atoms with Gasteiger partial charge in [-0.05, 0) is 92.7 Å². The minimum absolute atomic E-state index is 0.0278. The monoisotopic (exact) mass is 422 g/mol. The SMILES string of the molecule is Cc1cc(C(C)(C)C)cc(-c2c(C)c(C)cc(C(C)(C)C)c2OC(=O)C(C)(C)C)c1C. The normalized spacial score (nSPS) is 12.8. The second-order valence-corrected chi connectivity index (χ2v) is 12.2. The Balaban J connectivity index is 3.01. The fourth-order valence-corrected chi connectivity index (χ4v) is 3.68. The van der Waals surface area contributed by atoms with Gasteiger partial charge in [-0.2, -0.15) is 0 Å². The average molecular weight is 423 g/mol. The summed E-state index contributed by atoms with van der Waals surface area (Å²) >= 11 is 0. The van der Waals surface area contributed by atoms with E-state index in [1.165, 1.54) is 27.8 Å². The molecule has 0 heterocycles. The van der Waals surface area contributed by atoms with Crippen LogP contribution in [0.3, 0.4) is 0 Å². The van der Waals surface area contributed by atoms with Crippen molar-refractivity contribution in [2.45, 2.75) is 101 Å². The number of esters is 1. The Morgan fingerprint density at radius 1 is 0.710 bits per heavy atom. The highest BCUT2D eigenvalue weighted by Crippen LogP contribution is 2.46. The molecule has 0 N–H and O–H groups in total. The van der Waals surface area contributed by atoms with Gasteiger partial charge in [-0.25, -0.2) is 0 Å². The number of benzene rings is 2. The molecule has 0 aliphatic carbocycles. The zero-order valence-corrected chi connectivity index (χ0v) is 22.0. The Kier molecular flexibility index (Phi) is 6.59. The van der Waals surface area contributed by atoms with Crippen molar-refractivity contribution >= 4 is 5.97 Å². The van der Waals surface area contributed by atoms with Crippen LogP contribution >= 0.6 is 0 Å². The van der Waals surface area contributed by atoms with Gasteiger partial charge in [-0.3, -0.25) is 4.79 Å². The molecule has 0 aliphatic rings. The molecule has 2 aromatic carbocycles. The molecule has 0 saturated heterocycles. The third kappa shape index (κ3) is 5.22. The third-order valence-corrected chi connectivity index (χ3v) is 6.22. The van der Waals surface area contributed by atoms with E-state index >= 15 is 0 Å².